The van der Waals surface area contributed by atoms with Crippen LogP contribution in [0.15, 0.2) is 152 Å². The van der Waals surface area contributed by atoms with Crippen molar-refractivity contribution in [3.63, 3.8) is 0 Å². The summed E-state index contributed by atoms with van der Waals surface area (Å²) < 4.78 is 2.07. The first kappa shape index (κ1) is 26.3. The maximum atomic E-state index is 9.61. The molecule has 0 unspecified atom stereocenters. The largest absolute Gasteiger partial charge is 0.278 e. The molecule has 8 aromatic rings. The molecule has 6 aromatic carbocycles. The van der Waals surface area contributed by atoms with Gasteiger partial charge in [0.15, 0.2) is 11.6 Å². The second kappa shape index (κ2) is 11.0. The smallest absolute Gasteiger partial charge is 0.238 e. The van der Waals surface area contributed by atoms with Gasteiger partial charge in [-0.25, -0.2) is 4.98 Å². The first-order valence-electron chi connectivity index (χ1n) is 14.8. The van der Waals surface area contributed by atoms with Gasteiger partial charge in [-0.2, -0.15) is 15.2 Å². The summed E-state index contributed by atoms with van der Waals surface area (Å²) in [5, 5.41) is 11.6. The maximum absolute atomic E-state index is 9.61. The van der Waals surface area contributed by atoms with Gasteiger partial charge in [0.1, 0.15) is 0 Å². The Hall–Kier alpha value is -6.38. The van der Waals surface area contributed by atoms with E-state index in [-0.39, 0.29) is 0 Å². The Morgan fingerprint density at radius 2 is 0.889 bits per heavy atom. The second-order valence-electron chi connectivity index (χ2n) is 10.9. The van der Waals surface area contributed by atoms with Gasteiger partial charge in [-0.3, -0.25) is 4.57 Å². The normalized spacial score (nSPS) is 11.1. The van der Waals surface area contributed by atoms with Gasteiger partial charge in [-0.05, 0) is 46.5 Å². The molecule has 2 aromatic heterocycles. The summed E-state index contributed by atoms with van der Waals surface area (Å²) in [6.45, 7) is 0. The van der Waals surface area contributed by atoms with Crippen molar-refractivity contribution in [2.45, 2.75) is 0 Å². The van der Waals surface area contributed by atoms with Gasteiger partial charge in [0.2, 0.25) is 5.95 Å². The minimum atomic E-state index is 0.519. The lowest BCUT2D eigenvalue weighted by Gasteiger charge is -2.11. The molecule has 0 N–H and O–H groups in total. The van der Waals surface area contributed by atoms with E-state index in [0.717, 1.165) is 55.2 Å². The van der Waals surface area contributed by atoms with Crippen LogP contribution in [0.4, 0.5) is 0 Å². The molecule has 210 valence electrons. The van der Waals surface area contributed by atoms with Crippen LogP contribution >= 0.6 is 0 Å². The van der Waals surface area contributed by atoms with E-state index in [1.54, 1.807) is 0 Å². The minimum Gasteiger partial charge on any atom is -0.278 e. The van der Waals surface area contributed by atoms with Crippen LogP contribution in [0, 0.1) is 11.3 Å². The molecule has 0 fully saturated rings. The lowest BCUT2D eigenvalue weighted by atomic mass is 10.0. The Bertz CT molecular complexity index is 2250. The monoisotopic (exact) mass is 575 g/mol. The van der Waals surface area contributed by atoms with Crippen LogP contribution in [0.2, 0.25) is 0 Å². The van der Waals surface area contributed by atoms with Gasteiger partial charge in [0.25, 0.3) is 0 Å². The first-order chi connectivity index (χ1) is 22.2. The molecule has 0 saturated heterocycles. The number of fused-ring (bicyclic) bond motifs is 3. The number of benzene rings is 6. The predicted octanol–water partition coefficient (Wildman–Crippen LogP) is 9.51. The highest BCUT2D eigenvalue weighted by Gasteiger charge is 2.18. The topological polar surface area (TPSA) is 67.4 Å². The van der Waals surface area contributed by atoms with Crippen molar-refractivity contribution in [3.8, 4) is 57.0 Å². The van der Waals surface area contributed by atoms with Gasteiger partial charge >= 0.3 is 0 Å². The van der Waals surface area contributed by atoms with E-state index in [4.69, 9.17) is 15.0 Å². The summed E-state index contributed by atoms with van der Waals surface area (Å²) in [5.41, 5.74) is 8.85. The molecule has 45 heavy (non-hydrogen) atoms. The third-order valence-electron chi connectivity index (χ3n) is 8.13. The SMILES string of the molecule is N#Cc1ccc2c(c1)c1ccccc1n2-c1nc(-c2ccc(-c3ccccc3)cc2)nc(-c2ccc(-c3ccccc3)cc2)n1. The summed E-state index contributed by atoms with van der Waals surface area (Å²) in [5.74, 6) is 1.69. The van der Waals surface area contributed by atoms with Crippen LogP contribution in [0.3, 0.4) is 0 Å². The second-order valence-corrected chi connectivity index (χ2v) is 10.9. The Labute approximate surface area is 260 Å². The molecule has 0 aliphatic heterocycles. The molecule has 8 rings (SSSR count). The highest BCUT2D eigenvalue weighted by molar-refractivity contribution is 6.09. The van der Waals surface area contributed by atoms with E-state index >= 15 is 0 Å². The van der Waals surface area contributed by atoms with E-state index in [1.807, 2.05) is 66.7 Å². The molecule has 0 bridgehead atoms. The van der Waals surface area contributed by atoms with Crippen molar-refractivity contribution in [1.82, 2.24) is 19.5 Å². The van der Waals surface area contributed by atoms with Crippen LogP contribution < -0.4 is 0 Å². The van der Waals surface area contributed by atoms with Gasteiger partial charge < -0.3 is 0 Å². The van der Waals surface area contributed by atoms with E-state index in [2.05, 4.69) is 95.6 Å². The summed E-state index contributed by atoms with van der Waals surface area (Å²) in [6.07, 6.45) is 0. The zero-order chi connectivity index (χ0) is 30.2. The number of aromatic nitrogens is 4. The minimum absolute atomic E-state index is 0.519. The van der Waals surface area contributed by atoms with Gasteiger partial charge in [0.05, 0.1) is 22.7 Å². The van der Waals surface area contributed by atoms with E-state index < -0.39 is 0 Å². The molecule has 0 amide bonds. The Morgan fingerprint density at radius 3 is 1.44 bits per heavy atom. The van der Waals surface area contributed by atoms with E-state index in [9.17, 15) is 5.26 Å². The molecule has 0 radical (unpaired) electrons. The lowest BCUT2D eigenvalue weighted by Crippen LogP contribution is -2.06. The summed E-state index contributed by atoms with van der Waals surface area (Å²) >= 11 is 0. The van der Waals surface area contributed by atoms with Crippen LogP contribution in [0.25, 0.3) is 72.8 Å². The molecule has 2 heterocycles. The van der Waals surface area contributed by atoms with Crippen molar-refractivity contribution < 1.29 is 0 Å². The van der Waals surface area contributed by atoms with Gasteiger partial charge in [-0.15, -0.1) is 0 Å². The van der Waals surface area contributed by atoms with Crippen molar-refractivity contribution in [1.29, 1.82) is 5.26 Å². The highest BCUT2D eigenvalue weighted by Crippen LogP contribution is 2.33. The first-order valence-corrected chi connectivity index (χ1v) is 14.8. The van der Waals surface area contributed by atoms with Crippen molar-refractivity contribution >= 4 is 21.8 Å². The molecule has 5 nitrogen and oxygen atoms in total. The summed E-state index contributed by atoms with van der Waals surface area (Å²) in [6, 6.07) is 53.5. The molecule has 0 atom stereocenters. The fourth-order valence-electron chi connectivity index (χ4n) is 5.87. The van der Waals surface area contributed by atoms with Crippen molar-refractivity contribution in [2.24, 2.45) is 0 Å². The van der Waals surface area contributed by atoms with E-state index in [0.29, 0.717) is 23.2 Å². The van der Waals surface area contributed by atoms with Crippen LogP contribution in [0.1, 0.15) is 5.56 Å². The number of nitriles is 1. The van der Waals surface area contributed by atoms with Crippen LogP contribution in [-0.2, 0) is 0 Å². The lowest BCUT2D eigenvalue weighted by molar-refractivity contribution is 0.953. The molecule has 0 spiro atoms. The predicted molar refractivity (Wildman–Crippen MR) is 181 cm³/mol. The molecule has 0 aliphatic rings. The number of hydrogen-bond donors (Lipinski definition) is 0. The molecular weight excluding hydrogens is 550 g/mol. The van der Waals surface area contributed by atoms with E-state index in [1.165, 1.54) is 0 Å². The van der Waals surface area contributed by atoms with Crippen LogP contribution in [0.5, 0.6) is 0 Å². The fraction of sp³-hybridized carbons (Fsp3) is 0. The third-order valence-corrected chi connectivity index (χ3v) is 8.13. The number of hydrogen-bond acceptors (Lipinski definition) is 4. The fourth-order valence-corrected chi connectivity index (χ4v) is 5.87. The average molecular weight is 576 g/mol. The van der Waals surface area contributed by atoms with Gasteiger partial charge in [-0.1, -0.05) is 127 Å². The zero-order valence-corrected chi connectivity index (χ0v) is 24.2. The third kappa shape index (κ3) is 4.81. The number of para-hydroxylation sites is 1. The molecule has 0 saturated carbocycles. The molecule has 0 aliphatic carbocycles. The number of rotatable bonds is 5. The Kier molecular flexibility index (Phi) is 6.44. The quantitative estimate of drug-likeness (QED) is 0.205. The van der Waals surface area contributed by atoms with Gasteiger partial charge in [0, 0.05) is 21.9 Å². The standard InChI is InChI=1S/C40H25N5/c41-26-27-15-24-37-35(25-27)34-13-7-8-14-36(34)45(37)40-43-38(32-20-16-30(17-21-32)28-9-3-1-4-10-28)42-39(44-40)33-22-18-31(19-23-33)29-11-5-2-6-12-29/h1-25H. The number of nitrogens with zero attached hydrogens (tertiary/aromatic N) is 5. The zero-order valence-electron chi connectivity index (χ0n) is 24.2. The Morgan fingerprint density at radius 1 is 0.422 bits per heavy atom. The van der Waals surface area contributed by atoms with Crippen LogP contribution in [-0.4, -0.2) is 19.5 Å². The highest BCUT2D eigenvalue weighted by atomic mass is 15.2. The molecule has 5 heteroatoms. The Balaban J connectivity index is 1.32. The van der Waals surface area contributed by atoms with Crippen molar-refractivity contribution in [2.75, 3.05) is 0 Å². The molecular formula is C40H25N5. The van der Waals surface area contributed by atoms with Crippen molar-refractivity contribution in [3.05, 3.63) is 157 Å². The summed E-state index contributed by atoms with van der Waals surface area (Å²) in [7, 11) is 0. The average Bonchev–Trinajstić information content (AvgIpc) is 3.46. The maximum Gasteiger partial charge on any atom is 0.238 e. The summed E-state index contributed by atoms with van der Waals surface area (Å²) in [4.78, 5) is 15.1.